The lowest BCUT2D eigenvalue weighted by Crippen LogP contribution is -2.51. The van der Waals surface area contributed by atoms with Crippen molar-refractivity contribution in [3.05, 3.63) is 35.4 Å². The van der Waals surface area contributed by atoms with Crippen molar-refractivity contribution in [3.63, 3.8) is 0 Å². The van der Waals surface area contributed by atoms with Gasteiger partial charge < -0.3 is 19.7 Å². The average Bonchev–Trinajstić information content (AvgIpc) is 3.36. The quantitative estimate of drug-likeness (QED) is 0.833. The number of hydrogen-bond donors (Lipinski definition) is 1. The van der Waals surface area contributed by atoms with E-state index in [2.05, 4.69) is 5.32 Å². The van der Waals surface area contributed by atoms with Crippen molar-refractivity contribution in [1.29, 1.82) is 0 Å². The number of nitrogens with one attached hydrogen (secondary N) is 1. The third-order valence-electron chi connectivity index (χ3n) is 5.92. The zero-order valence-electron chi connectivity index (χ0n) is 15.3. The third-order valence-corrected chi connectivity index (χ3v) is 5.92. The Labute approximate surface area is 153 Å². The summed E-state index contributed by atoms with van der Waals surface area (Å²) in [4.78, 5) is 27.5. The van der Waals surface area contributed by atoms with Crippen LogP contribution >= 0.6 is 0 Å². The van der Waals surface area contributed by atoms with Gasteiger partial charge in [-0.05, 0) is 30.9 Å². The van der Waals surface area contributed by atoms with Crippen molar-refractivity contribution in [2.24, 2.45) is 5.41 Å². The smallest absolute Gasteiger partial charge is 0.238 e. The van der Waals surface area contributed by atoms with E-state index in [1.807, 2.05) is 36.1 Å². The highest BCUT2D eigenvalue weighted by Crippen LogP contribution is 2.48. The SMILES string of the molecule is Cc1ccccc1CNC(=O)C1(C(=O)N2CCC3(CC2)OCCO3)CC1. The highest BCUT2D eigenvalue weighted by Gasteiger charge is 2.58. The monoisotopic (exact) mass is 358 g/mol. The first-order valence-corrected chi connectivity index (χ1v) is 9.45. The molecule has 140 valence electrons. The fourth-order valence-electron chi connectivity index (χ4n) is 3.96. The lowest BCUT2D eigenvalue weighted by atomic mass is 9.98. The predicted molar refractivity (Wildman–Crippen MR) is 95.1 cm³/mol. The lowest BCUT2D eigenvalue weighted by molar-refractivity contribution is -0.188. The van der Waals surface area contributed by atoms with Crippen molar-refractivity contribution in [3.8, 4) is 0 Å². The number of benzene rings is 1. The Morgan fingerprint density at radius 2 is 1.73 bits per heavy atom. The van der Waals surface area contributed by atoms with Gasteiger partial charge in [0.1, 0.15) is 5.41 Å². The number of rotatable bonds is 4. The molecule has 0 aromatic heterocycles. The van der Waals surface area contributed by atoms with Crippen molar-refractivity contribution in [2.75, 3.05) is 26.3 Å². The Morgan fingerprint density at radius 3 is 2.35 bits per heavy atom. The summed E-state index contributed by atoms with van der Waals surface area (Å²) in [5.74, 6) is -0.673. The van der Waals surface area contributed by atoms with Crippen LogP contribution in [0.2, 0.25) is 0 Å². The normalized spacial score (nSPS) is 23.0. The standard InChI is InChI=1S/C20H26N2O4/c1-15-4-2-3-5-16(15)14-21-17(23)19(6-7-19)18(24)22-10-8-20(9-11-22)25-12-13-26-20/h2-5H,6-14H2,1H3,(H,21,23). The Balaban J connectivity index is 1.35. The van der Waals surface area contributed by atoms with Gasteiger partial charge >= 0.3 is 0 Å². The molecule has 1 N–H and O–H groups in total. The zero-order valence-corrected chi connectivity index (χ0v) is 15.3. The van der Waals surface area contributed by atoms with Crippen molar-refractivity contribution in [2.45, 2.75) is 44.9 Å². The van der Waals surface area contributed by atoms with Gasteiger partial charge in [-0.2, -0.15) is 0 Å². The minimum Gasteiger partial charge on any atom is -0.351 e. The molecule has 0 atom stereocenters. The molecule has 6 heteroatoms. The van der Waals surface area contributed by atoms with E-state index in [0.29, 0.717) is 58.5 Å². The van der Waals surface area contributed by atoms with Crippen LogP contribution in [0.4, 0.5) is 0 Å². The average molecular weight is 358 g/mol. The molecule has 1 spiro atoms. The molecule has 2 aliphatic heterocycles. The van der Waals surface area contributed by atoms with Crippen LogP contribution in [0.1, 0.15) is 36.8 Å². The minimum absolute atomic E-state index is 0.0346. The van der Waals surface area contributed by atoms with Crippen molar-refractivity contribution in [1.82, 2.24) is 10.2 Å². The minimum atomic E-state index is -0.857. The molecule has 26 heavy (non-hydrogen) atoms. The van der Waals surface area contributed by atoms with Crippen LogP contribution in [0.15, 0.2) is 24.3 Å². The van der Waals surface area contributed by atoms with E-state index in [9.17, 15) is 9.59 Å². The molecule has 3 fully saturated rings. The molecule has 1 aromatic rings. The van der Waals surface area contributed by atoms with Crippen LogP contribution in [0, 0.1) is 12.3 Å². The van der Waals surface area contributed by atoms with E-state index < -0.39 is 11.2 Å². The molecular formula is C20H26N2O4. The largest absolute Gasteiger partial charge is 0.351 e. The molecular weight excluding hydrogens is 332 g/mol. The Kier molecular flexibility index (Phi) is 4.49. The van der Waals surface area contributed by atoms with Gasteiger partial charge in [0.2, 0.25) is 11.8 Å². The van der Waals surface area contributed by atoms with E-state index in [1.165, 1.54) is 0 Å². The van der Waals surface area contributed by atoms with E-state index in [4.69, 9.17) is 9.47 Å². The first kappa shape index (κ1) is 17.5. The molecule has 0 unspecified atom stereocenters. The Bertz CT molecular complexity index is 698. The summed E-state index contributed by atoms with van der Waals surface area (Å²) in [6.07, 6.45) is 2.64. The molecule has 2 saturated heterocycles. The van der Waals surface area contributed by atoms with Gasteiger partial charge in [0.05, 0.1) is 13.2 Å². The van der Waals surface area contributed by atoms with Crippen LogP contribution in [0.5, 0.6) is 0 Å². The molecule has 1 aromatic carbocycles. The highest BCUT2D eigenvalue weighted by atomic mass is 16.7. The fourth-order valence-corrected chi connectivity index (χ4v) is 3.96. The summed E-state index contributed by atoms with van der Waals surface area (Å²) >= 11 is 0. The van der Waals surface area contributed by atoms with Gasteiger partial charge in [0.15, 0.2) is 5.79 Å². The van der Waals surface area contributed by atoms with E-state index in [0.717, 1.165) is 11.1 Å². The van der Waals surface area contributed by atoms with Gasteiger partial charge in [0, 0.05) is 32.5 Å². The molecule has 4 rings (SSSR count). The maximum Gasteiger partial charge on any atom is 0.238 e. The molecule has 6 nitrogen and oxygen atoms in total. The van der Waals surface area contributed by atoms with Gasteiger partial charge in [-0.1, -0.05) is 24.3 Å². The molecule has 1 aliphatic carbocycles. The second kappa shape index (κ2) is 6.67. The lowest BCUT2D eigenvalue weighted by Gasteiger charge is -2.38. The number of amides is 2. The summed E-state index contributed by atoms with van der Waals surface area (Å²) in [6, 6.07) is 7.97. The first-order chi connectivity index (χ1) is 12.5. The Morgan fingerprint density at radius 1 is 1.08 bits per heavy atom. The van der Waals surface area contributed by atoms with Crippen molar-refractivity contribution < 1.29 is 19.1 Å². The van der Waals surface area contributed by atoms with Crippen LogP contribution in [0.25, 0.3) is 0 Å². The van der Waals surface area contributed by atoms with Crippen LogP contribution < -0.4 is 5.32 Å². The first-order valence-electron chi connectivity index (χ1n) is 9.45. The second-order valence-corrected chi connectivity index (χ2v) is 7.59. The van der Waals surface area contributed by atoms with E-state index in [-0.39, 0.29) is 11.8 Å². The Hall–Kier alpha value is -1.92. The number of likely N-dealkylation sites (tertiary alicyclic amines) is 1. The van der Waals surface area contributed by atoms with Crippen LogP contribution in [-0.2, 0) is 25.6 Å². The van der Waals surface area contributed by atoms with Crippen LogP contribution in [-0.4, -0.2) is 48.8 Å². The predicted octanol–water partition coefficient (Wildman–Crippen LogP) is 1.76. The topological polar surface area (TPSA) is 67.9 Å². The maximum absolute atomic E-state index is 13.0. The molecule has 2 heterocycles. The summed E-state index contributed by atoms with van der Waals surface area (Å²) in [7, 11) is 0. The van der Waals surface area contributed by atoms with Gasteiger partial charge in [-0.25, -0.2) is 0 Å². The van der Waals surface area contributed by atoms with Gasteiger partial charge in [-0.3, -0.25) is 9.59 Å². The molecule has 3 aliphatic rings. The number of nitrogens with zero attached hydrogens (tertiary/aromatic N) is 1. The summed E-state index contributed by atoms with van der Waals surface area (Å²) in [5, 5.41) is 2.98. The molecule has 1 saturated carbocycles. The summed E-state index contributed by atoms with van der Waals surface area (Å²) in [5.41, 5.74) is 1.37. The molecule has 0 bridgehead atoms. The van der Waals surface area contributed by atoms with Crippen molar-refractivity contribution >= 4 is 11.8 Å². The number of carbonyl (C=O) groups is 2. The molecule has 0 radical (unpaired) electrons. The number of carbonyl (C=O) groups excluding carboxylic acids is 2. The summed E-state index contributed by atoms with van der Waals surface area (Å²) in [6.45, 7) is 4.91. The maximum atomic E-state index is 13.0. The van der Waals surface area contributed by atoms with Gasteiger partial charge in [-0.15, -0.1) is 0 Å². The van der Waals surface area contributed by atoms with Gasteiger partial charge in [0.25, 0.3) is 0 Å². The number of hydrogen-bond acceptors (Lipinski definition) is 4. The summed E-state index contributed by atoms with van der Waals surface area (Å²) < 4.78 is 11.4. The second-order valence-electron chi connectivity index (χ2n) is 7.59. The number of aryl methyl sites for hydroxylation is 1. The highest BCUT2D eigenvalue weighted by molar-refractivity contribution is 6.07. The van der Waals surface area contributed by atoms with E-state index in [1.54, 1.807) is 0 Å². The van der Waals surface area contributed by atoms with Crippen LogP contribution in [0.3, 0.4) is 0 Å². The number of piperidine rings is 1. The number of ether oxygens (including phenoxy) is 2. The molecule has 2 amide bonds. The van der Waals surface area contributed by atoms with E-state index >= 15 is 0 Å². The zero-order chi connectivity index (χ0) is 18.2. The third kappa shape index (κ3) is 3.12. The fraction of sp³-hybridized carbons (Fsp3) is 0.600.